The first kappa shape index (κ1) is 24.9. The highest BCUT2D eigenvalue weighted by atomic mass is 32.1. The molecule has 1 aliphatic rings. The predicted octanol–water partition coefficient (Wildman–Crippen LogP) is 4.72. The highest BCUT2D eigenvalue weighted by molar-refractivity contribution is 7.13. The van der Waals surface area contributed by atoms with Crippen LogP contribution in [0.15, 0.2) is 54.3 Å². The number of anilines is 2. The van der Waals surface area contributed by atoms with Gasteiger partial charge in [-0.2, -0.15) is 13.2 Å². The van der Waals surface area contributed by atoms with Gasteiger partial charge in [-0.3, -0.25) is 9.78 Å². The maximum absolute atomic E-state index is 13.7. The van der Waals surface area contributed by atoms with Crippen molar-refractivity contribution >= 4 is 28.6 Å². The molecule has 4 aromatic rings. The summed E-state index contributed by atoms with van der Waals surface area (Å²) in [5, 5.41) is 11.0. The number of nitrogens with zero attached hydrogens (tertiary/aromatic N) is 6. The highest BCUT2D eigenvalue weighted by Crippen LogP contribution is 2.35. The van der Waals surface area contributed by atoms with Crippen molar-refractivity contribution in [2.45, 2.75) is 13.1 Å². The molecule has 3 heterocycles. The number of rotatable bonds is 5. The van der Waals surface area contributed by atoms with Crippen LogP contribution in [0, 0.1) is 6.92 Å². The molecule has 0 unspecified atom stereocenters. The van der Waals surface area contributed by atoms with Gasteiger partial charge in [0.2, 0.25) is 0 Å². The van der Waals surface area contributed by atoms with Gasteiger partial charge in [0, 0.05) is 49.3 Å². The Morgan fingerprint density at radius 3 is 2.57 bits per heavy atom. The number of hydrogen-bond donors (Lipinski definition) is 1. The molecular weight excluding hydrogens is 503 g/mol. The van der Waals surface area contributed by atoms with Crippen molar-refractivity contribution in [3.05, 3.63) is 71.0 Å². The Hall–Kier alpha value is -3.77. The molecule has 1 aliphatic heterocycles. The SMILES string of the molecule is Cc1ccc(C(=O)Nc2cc(N3CCN(C)CC3)cc(C(F)(F)F)c2)cc1-n1cc(-c2cncs2)nn1. The van der Waals surface area contributed by atoms with Crippen molar-refractivity contribution in [1.29, 1.82) is 0 Å². The molecule has 5 rings (SSSR count). The van der Waals surface area contributed by atoms with Crippen LogP contribution in [0.4, 0.5) is 24.5 Å². The van der Waals surface area contributed by atoms with Gasteiger partial charge in [0.15, 0.2) is 0 Å². The van der Waals surface area contributed by atoms with Crippen molar-refractivity contribution in [2.24, 2.45) is 0 Å². The molecular formula is C25H24F3N7OS. The number of carbonyl (C=O) groups is 1. The summed E-state index contributed by atoms with van der Waals surface area (Å²) in [5.41, 5.74) is 3.85. The van der Waals surface area contributed by atoms with Crippen molar-refractivity contribution < 1.29 is 18.0 Å². The molecule has 0 atom stereocenters. The molecule has 0 saturated carbocycles. The van der Waals surface area contributed by atoms with Crippen molar-refractivity contribution in [3.63, 3.8) is 0 Å². The molecule has 0 aliphatic carbocycles. The Bertz CT molecular complexity index is 1410. The van der Waals surface area contributed by atoms with Gasteiger partial charge in [0.05, 0.1) is 27.8 Å². The van der Waals surface area contributed by atoms with E-state index in [0.717, 1.165) is 35.7 Å². The summed E-state index contributed by atoms with van der Waals surface area (Å²) in [6.07, 6.45) is -1.10. The van der Waals surface area contributed by atoms with Crippen molar-refractivity contribution in [1.82, 2.24) is 24.9 Å². The molecule has 2 aromatic carbocycles. The largest absolute Gasteiger partial charge is 0.416 e. The molecule has 1 saturated heterocycles. The lowest BCUT2D eigenvalue weighted by Gasteiger charge is -2.34. The van der Waals surface area contributed by atoms with Gasteiger partial charge >= 0.3 is 6.18 Å². The lowest BCUT2D eigenvalue weighted by molar-refractivity contribution is -0.137. The number of alkyl halides is 3. The normalized spacial score (nSPS) is 14.7. The Kier molecular flexibility index (Phi) is 6.69. The number of likely N-dealkylation sites (N-methyl/N-ethyl adjacent to an activating group) is 1. The van der Waals surface area contributed by atoms with Crippen LogP contribution < -0.4 is 10.2 Å². The van der Waals surface area contributed by atoms with E-state index in [-0.39, 0.29) is 11.3 Å². The van der Waals surface area contributed by atoms with Crippen LogP contribution in [0.1, 0.15) is 21.5 Å². The zero-order chi connectivity index (χ0) is 26.2. The summed E-state index contributed by atoms with van der Waals surface area (Å²) >= 11 is 1.44. The highest BCUT2D eigenvalue weighted by Gasteiger charge is 2.32. The molecule has 1 amide bonds. The van der Waals surface area contributed by atoms with E-state index in [2.05, 4.69) is 25.5 Å². The number of carbonyl (C=O) groups excluding carboxylic acids is 1. The van der Waals surface area contributed by atoms with Crippen LogP contribution in [-0.4, -0.2) is 64.0 Å². The van der Waals surface area contributed by atoms with Crippen LogP contribution in [0.5, 0.6) is 0 Å². The monoisotopic (exact) mass is 527 g/mol. The van der Waals surface area contributed by atoms with Crippen molar-refractivity contribution in [2.75, 3.05) is 43.4 Å². The number of piperazine rings is 1. The molecule has 192 valence electrons. The number of aromatic nitrogens is 4. The van der Waals surface area contributed by atoms with Gasteiger partial charge < -0.3 is 15.1 Å². The van der Waals surface area contributed by atoms with Crippen LogP contribution in [-0.2, 0) is 6.18 Å². The van der Waals surface area contributed by atoms with E-state index in [0.29, 0.717) is 30.2 Å². The number of benzene rings is 2. The summed E-state index contributed by atoms with van der Waals surface area (Å²) in [6, 6.07) is 8.73. The van der Waals surface area contributed by atoms with Gasteiger partial charge in [-0.15, -0.1) is 16.4 Å². The number of hydrogen-bond acceptors (Lipinski definition) is 7. The maximum atomic E-state index is 13.7. The molecule has 0 bridgehead atoms. The molecule has 1 N–H and O–H groups in total. The molecule has 1 fully saturated rings. The zero-order valence-corrected chi connectivity index (χ0v) is 21.0. The minimum atomic E-state index is -4.54. The van der Waals surface area contributed by atoms with Crippen LogP contribution in [0.3, 0.4) is 0 Å². The van der Waals surface area contributed by atoms with Gasteiger partial charge in [-0.25, -0.2) is 4.68 Å². The third-order valence-corrected chi connectivity index (χ3v) is 7.06. The fourth-order valence-electron chi connectivity index (χ4n) is 4.13. The molecule has 0 spiro atoms. The second-order valence-electron chi connectivity index (χ2n) is 8.93. The molecule has 12 heteroatoms. The van der Waals surface area contributed by atoms with Gasteiger partial charge in [-0.1, -0.05) is 11.3 Å². The molecule has 8 nitrogen and oxygen atoms in total. The summed E-state index contributed by atoms with van der Waals surface area (Å²) < 4.78 is 42.6. The standard InChI is InChI=1S/C25H24F3N7OS/c1-16-3-4-17(9-22(16)35-14-21(31-32-35)23-13-29-15-37-23)24(36)30-19-10-18(25(26,27)28)11-20(12-19)34-7-5-33(2)6-8-34/h3-4,9-15H,5-8H2,1-2H3,(H,30,36). The van der Waals surface area contributed by atoms with E-state index in [1.165, 1.54) is 11.3 Å². The first-order chi connectivity index (χ1) is 17.7. The van der Waals surface area contributed by atoms with E-state index >= 15 is 0 Å². The fraction of sp³-hybridized carbons (Fsp3) is 0.280. The van der Waals surface area contributed by atoms with E-state index in [9.17, 15) is 18.0 Å². The lowest BCUT2D eigenvalue weighted by atomic mass is 10.1. The fourth-order valence-corrected chi connectivity index (χ4v) is 4.70. The topological polar surface area (TPSA) is 79.2 Å². The Morgan fingerprint density at radius 1 is 1.08 bits per heavy atom. The summed E-state index contributed by atoms with van der Waals surface area (Å²) in [7, 11) is 1.98. The molecule has 2 aromatic heterocycles. The first-order valence-electron chi connectivity index (χ1n) is 11.6. The zero-order valence-electron chi connectivity index (χ0n) is 20.2. The number of halogens is 3. The predicted molar refractivity (Wildman–Crippen MR) is 136 cm³/mol. The maximum Gasteiger partial charge on any atom is 0.416 e. The van der Waals surface area contributed by atoms with Crippen LogP contribution in [0.25, 0.3) is 16.3 Å². The summed E-state index contributed by atoms with van der Waals surface area (Å²) in [4.78, 5) is 22.1. The third kappa shape index (κ3) is 5.49. The minimum Gasteiger partial charge on any atom is -0.369 e. The van der Waals surface area contributed by atoms with Gasteiger partial charge in [0.1, 0.15) is 5.69 Å². The van der Waals surface area contributed by atoms with Gasteiger partial charge in [-0.05, 0) is 49.9 Å². The lowest BCUT2D eigenvalue weighted by Crippen LogP contribution is -2.44. The molecule has 37 heavy (non-hydrogen) atoms. The van der Waals surface area contributed by atoms with E-state index in [4.69, 9.17) is 0 Å². The third-order valence-electron chi connectivity index (χ3n) is 6.27. The van der Waals surface area contributed by atoms with Gasteiger partial charge in [0.25, 0.3) is 5.91 Å². The second kappa shape index (κ2) is 9.94. The quantitative estimate of drug-likeness (QED) is 0.405. The van der Waals surface area contributed by atoms with E-state index < -0.39 is 17.6 Å². The summed E-state index contributed by atoms with van der Waals surface area (Å²) in [6.45, 7) is 4.58. The van der Waals surface area contributed by atoms with Crippen LogP contribution in [0.2, 0.25) is 0 Å². The van der Waals surface area contributed by atoms with Crippen LogP contribution >= 0.6 is 11.3 Å². The first-order valence-corrected chi connectivity index (χ1v) is 12.4. The summed E-state index contributed by atoms with van der Waals surface area (Å²) in [5.74, 6) is -0.521. The number of amides is 1. The van der Waals surface area contributed by atoms with E-state index in [1.54, 1.807) is 46.9 Å². The number of nitrogens with one attached hydrogen (secondary N) is 1. The number of thiazole rings is 1. The average Bonchev–Trinajstić information content (AvgIpc) is 3.56. The Labute approximate surface area is 215 Å². The van der Waals surface area contributed by atoms with Crippen molar-refractivity contribution in [3.8, 4) is 16.3 Å². The Balaban J connectivity index is 1.42. The number of aryl methyl sites for hydroxylation is 1. The average molecular weight is 528 g/mol. The molecule has 0 radical (unpaired) electrons. The Morgan fingerprint density at radius 2 is 1.86 bits per heavy atom. The van der Waals surface area contributed by atoms with E-state index in [1.807, 2.05) is 18.9 Å². The minimum absolute atomic E-state index is 0.0871. The second-order valence-corrected chi connectivity index (χ2v) is 9.81. The smallest absolute Gasteiger partial charge is 0.369 e.